The molecule has 0 aromatic rings. The minimum atomic E-state index is 0.459. The zero-order chi connectivity index (χ0) is 25.1. The summed E-state index contributed by atoms with van der Waals surface area (Å²) in [5.41, 5.74) is 8.99. The van der Waals surface area contributed by atoms with Crippen LogP contribution in [0, 0.1) is 0 Å². The molecule has 0 aliphatic heterocycles. The fourth-order valence-electron chi connectivity index (χ4n) is 3.84. The molecule has 0 aromatic heterocycles. The molecule has 0 nitrogen and oxygen atoms in total. The predicted octanol–water partition coefficient (Wildman–Crippen LogP) is 11.3. The van der Waals surface area contributed by atoms with Gasteiger partial charge >= 0.3 is 0 Å². The molecule has 0 amide bonds. The van der Waals surface area contributed by atoms with Crippen molar-refractivity contribution in [2.75, 3.05) is 0 Å². The summed E-state index contributed by atoms with van der Waals surface area (Å²) < 4.78 is 0. The van der Waals surface area contributed by atoms with Crippen LogP contribution in [0.4, 0.5) is 0 Å². The van der Waals surface area contributed by atoms with Crippen molar-refractivity contribution in [3.63, 3.8) is 0 Å². The molecule has 1 heteroatoms. The van der Waals surface area contributed by atoms with Crippen molar-refractivity contribution >= 4 is 12.6 Å². The first-order chi connectivity index (χ1) is 15.6. The highest BCUT2D eigenvalue weighted by Crippen LogP contribution is 2.16. The molecule has 0 saturated carbocycles. The maximum atomic E-state index is 4.48. The first-order valence-electron chi connectivity index (χ1n) is 13.2. The van der Waals surface area contributed by atoms with Gasteiger partial charge in [-0.05, 0) is 119 Å². The second-order valence-corrected chi connectivity index (χ2v) is 11.2. The third kappa shape index (κ3) is 22.4. The van der Waals surface area contributed by atoms with Crippen LogP contribution in [0.25, 0.3) is 0 Å². The maximum absolute atomic E-state index is 4.48. The zero-order valence-corrected chi connectivity index (χ0v) is 24.2. The highest BCUT2D eigenvalue weighted by molar-refractivity contribution is 7.80. The molecular weight excluding hydrogens is 416 g/mol. The van der Waals surface area contributed by atoms with Gasteiger partial charge in [0.25, 0.3) is 0 Å². The Morgan fingerprint density at radius 3 is 1.12 bits per heavy atom. The zero-order valence-electron chi connectivity index (χ0n) is 23.3. The molecule has 0 saturated heterocycles. The van der Waals surface area contributed by atoms with Gasteiger partial charge in [0.15, 0.2) is 0 Å². The van der Waals surface area contributed by atoms with E-state index < -0.39 is 0 Å². The third-order valence-electron chi connectivity index (χ3n) is 5.96. The summed E-state index contributed by atoms with van der Waals surface area (Å²) in [5, 5.41) is 0.459. The molecule has 0 heterocycles. The highest BCUT2D eigenvalue weighted by Gasteiger charge is 1.97. The normalized spacial score (nSPS) is 15.1. The lowest BCUT2D eigenvalue weighted by molar-refractivity contribution is 0.885. The van der Waals surface area contributed by atoms with Crippen LogP contribution in [-0.4, -0.2) is 5.25 Å². The molecule has 1 atom stereocenters. The van der Waals surface area contributed by atoms with Crippen molar-refractivity contribution < 1.29 is 0 Å². The van der Waals surface area contributed by atoms with E-state index in [0.717, 1.165) is 25.7 Å². The first-order valence-corrected chi connectivity index (χ1v) is 13.7. The fourth-order valence-corrected chi connectivity index (χ4v) is 4.13. The van der Waals surface area contributed by atoms with E-state index in [0.29, 0.717) is 5.25 Å². The molecule has 0 bridgehead atoms. The summed E-state index contributed by atoms with van der Waals surface area (Å²) in [6.07, 6.45) is 27.3. The van der Waals surface area contributed by atoms with Crippen molar-refractivity contribution in [1.82, 2.24) is 0 Å². The number of hydrogen-bond donors (Lipinski definition) is 1. The number of hydrogen-bond acceptors (Lipinski definition) is 1. The second kappa shape index (κ2) is 20.2. The molecule has 0 aromatic carbocycles. The summed E-state index contributed by atoms with van der Waals surface area (Å²) in [6.45, 7) is 17.9. The van der Waals surface area contributed by atoms with Crippen LogP contribution in [0.3, 0.4) is 0 Å². The van der Waals surface area contributed by atoms with E-state index in [1.165, 1.54) is 78.4 Å². The molecule has 0 radical (unpaired) electrons. The SMILES string of the molecule is CC(C)=CCC/C(C)=C/CC/C(C)=C/CC/C=C(\C)CC/C=C(\C)CC/C=C(\C)CC(C)S. The van der Waals surface area contributed by atoms with Gasteiger partial charge in [-0.1, -0.05) is 76.8 Å². The summed E-state index contributed by atoms with van der Waals surface area (Å²) >= 11 is 4.48. The van der Waals surface area contributed by atoms with Gasteiger partial charge < -0.3 is 0 Å². The molecule has 0 rings (SSSR count). The molecule has 0 fully saturated rings. The number of unbranched alkanes of at least 4 members (excludes halogenated alkanes) is 1. The number of rotatable bonds is 17. The van der Waals surface area contributed by atoms with Crippen LogP contribution >= 0.6 is 12.6 Å². The summed E-state index contributed by atoms with van der Waals surface area (Å²) in [6, 6.07) is 0. The number of allylic oxidation sites excluding steroid dienone is 12. The van der Waals surface area contributed by atoms with Gasteiger partial charge in [0.05, 0.1) is 0 Å². The van der Waals surface area contributed by atoms with Crippen molar-refractivity contribution in [3.05, 3.63) is 69.9 Å². The Labute approximate surface area is 213 Å². The Hall–Kier alpha value is -1.21. The molecule has 0 aliphatic rings. The van der Waals surface area contributed by atoms with Crippen LogP contribution in [0.5, 0.6) is 0 Å². The minimum Gasteiger partial charge on any atom is -0.176 e. The average Bonchev–Trinajstić information content (AvgIpc) is 2.70. The van der Waals surface area contributed by atoms with Gasteiger partial charge in [-0.3, -0.25) is 0 Å². The van der Waals surface area contributed by atoms with Crippen LogP contribution in [0.15, 0.2) is 69.9 Å². The fraction of sp³-hybridized carbons (Fsp3) is 0.625. The minimum absolute atomic E-state index is 0.459. The molecule has 0 aliphatic carbocycles. The Kier molecular flexibility index (Phi) is 19.4. The summed E-state index contributed by atoms with van der Waals surface area (Å²) in [7, 11) is 0. The second-order valence-electron chi connectivity index (χ2n) is 10.3. The van der Waals surface area contributed by atoms with Gasteiger partial charge in [-0.15, -0.1) is 0 Å². The van der Waals surface area contributed by atoms with Crippen LogP contribution < -0.4 is 0 Å². The summed E-state index contributed by atoms with van der Waals surface area (Å²) in [4.78, 5) is 0. The van der Waals surface area contributed by atoms with Crippen molar-refractivity contribution in [2.24, 2.45) is 0 Å². The third-order valence-corrected chi connectivity index (χ3v) is 6.14. The Bertz CT molecular complexity index is 703. The molecule has 33 heavy (non-hydrogen) atoms. The maximum Gasteiger partial charge on any atom is 0.00255 e. The van der Waals surface area contributed by atoms with Gasteiger partial charge in [0, 0.05) is 5.25 Å². The van der Waals surface area contributed by atoms with E-state index in [2.05, 4.69) is 104 Å². The van der Waals surface area contributed by atoms with E-state index in [1.807, 2.05) is 0 Å². The first kappa shape index (κ1) is 31.8. The van der Waals surface area contributed by atoms with Crippen molar-refractivity contribution in [1.29, 1.82) is 0 Å². The molecule has 1 unspecified atom stereocenters. The monoisotopic (exact) mass is 470 g/mol. The largest absolute Gasteiger partial charge is 0.176 e. The lowest BCUT2D eigenvalue weighted by Crippen LogP contribution is -1.91. The summed E-state index contributed by atoms with van der Waals surface area (Å²) in [5.74, 6) is 0. The van der Waals surface area contributed by atoms with Crippen LogP contribution in [0.2, 0.25) is 0 Å². The Morgan fingerprint density at radius 1 is 0.485 bits per heavy atom. The van der Waals surface area contributed by atoms with E-state index in [1.54, 1.807) is 0 Å². The smallest absolute Gasteiger partial charge is 0.00255 e. The van der Waals surface area contributed by atoms with Crippen molar-refractivity contribution in [3.8, 4) is 0 Å². The van der Waals surface area contributed by atoms with Gasteiger partial charge in [-0.25, -0.2) is 0 Å². The number of thiol groups is 1. The van der Waals surface area contributed by atoms with Crippen LogP contribution in [0.1, 0.15) is 126 Å². The predicted molar refractivity (Wildman–Crippen MR) is 157 cm³/mol. The van der Waals surface area contributed by atoms with Gasteiger partial charge in [0.1, 0.15) is 0 Å². The van der Waals surface area contributed by atoms with E-state index >= 15 is 0 Å². The van der Waals surface area contributed by atoms with Gasteiger partial charge in [0.2, 0.25) is 0 Å². The topological polar surface area (TPSA) is 0 Å². The van der Waals surface area contributed by atoms with E-state index in [9.17, 15) is 0 Å². The van der Waals surface area contributed by atoms with Crippen molar-refractivity contribution in [2.45, 2.75) is 131 Å². The standard InChI is InChI=1S/C32H54S/c1-26(2)15-11-18-29(5)21-12-19-27(3)16-9-10-17-28(4)20-13-22-30(6)23-14-24-31(7)25-32(8)33/h15-17,21-22,24,32-33H,9-14,18-20,23,25H2,1-8H3/b27-16+,28-17+,29-21+,30-22+,31-24+. The molecule has 0 N–H and O–H groups in total. The van der Waals surface area contributed by atoms with Crippen LogP contribution in [-0.2, 0) is 0 Å². The average molecular weight is 471 g/mol. The molecule has 188 valence electrons. The van der Waals surface area contributed by atoms with Gasteiger partial charge in [-0.2, -0.15) is 12.6 Å². The van der Waals surface area contributed by atoms with E-state index in [4.69, 9.17) is 0 Å². The Morgan fingerprint density at radius 2 is 0.788 bits per heavy atom. The highest BCUT2D eigenvalue weighted by atomic mass is 32.1. The van der Waals surface area contributed by atoms with E-state index in [-0.39, 0.29) is 0 Å². The lowest BCUT2D eigenvalue weighted by Gasteiger charge is -2.05. The molecular formula is C32H54S. The lowest BCUT2D eigenvalue weighted by atomic mass is 10.0. The Balaban J connectivity index is 4.10. The molecule has 0 spiro atoms. The quantitative estimate of drug-likeness (QED) is 0.122.